The van der Waals surface area contributed by atoms with Crippen LogP contribution in [-0.4, -0.2) is 38.9 Å². The molecule has 0 saturated heterocycles. The van der Waals surface area contributed by atoms with Gasteiger partial charge in [-0.15, -0.1) is 0 Å². The molecule has 2 N–H and O–H groups in total. The molecule has 0 aliphatic heterocycles. The van der Waals surface area contributed by atoms with Crippen molar-refractivity contribution in [2.24, 2.45) is 5.92 Å². The number of hydrogen-bond donors (Lipinski definition) is 2. The second-order valence-electron chi connectivity index (χ2n) is 6.67. The average molecular weight is 399 g/mol. The van der Waals surface area contributed by atoms with Crippen LogP contribution in [0, 0.1) is 16.0 Å². The quantitative estimate of drug-likeness (QED) is 0.508. The van der Waals surface area contributed by atoms with Crippen LogP contribution in [0.5, 0.6) is 5.75 Å². The molecule has 1 aromatic rings. The number of nitrogens with one attached hydrogen (secondary N) is 2. The number of ether oxygens (including phenoxy) is 1. The van der Waals surface area contributed by atoms with Crippen LogP contribution >= 0.6 is 0 Å². The standard InChI is InChI=1S/C17H25N3O6S/c1-12-5-3-4-6-14(12)19-17(21)9-10-18-27(24,25)13-7-8-16(26-2)15(11-13)20(22)23/h7-8,11-12,14,18H,3-6,9-10H2,1-2H3,(H,19,21). The zero-order valence-corrected chi connectivity index (χ0v) is 16.3. The van der Waals surface area contributed by atoms with Crippen molar-refractivity contribution in [3.63, 3.8) is 0 Å². The molecule has 0 bridgehead atoms. The van der Waals surface area contributed by atoms with Crippen molar-refractivity contribution >= 4 is 21.6 Å². The number of amides is 1. The third-order valence-corrected chi connectivity index (χ3v) is 6.22. The number of nitro groups is 1. The molecule has 0 radical (unpaired) electrons. The van der Waals surface area contributed by atoms with Crippen LogP contribution < -0.4 is 14.8 Å². The number of carbonyl (C=O) groups excluding carboxylic acids is 1. The number of hydrogen-bond acceptors (Lipinski definition) is 6. The first-order valence-corrected chi connectivity index (χ1v) is 10.3. The molecule has 150 valence electrons. The van der Waals surface area contributed by atoms with Crippen LogP contribution in [0.1, 0.15) is 39.0 Å². The number of rotatable bonds is 8. The summed E-state index contributed by atoms with van der Waals surface area (Å²) in [5.41, 5.74) is -0.440. The summed E-state index contributed by atoms with van der Waals surface area (Å²) in [7, 11) is -2.71. The summed E-state index contributed by atoms with van der Waals surface area (Å²) in [6.45, 7) is 2.01. The first-order chi connectivity index (χ1) is 12.7. The molecule has 1 amide bonds. The van der Waals surface area contributed by atoms with Crippen molar-refractivity contribution in [3.05, 3.63) is 28.3 Å². The molecule has 0 spiro atoms. The van der Waals surface area contributed by atoms with Crippen LogP contribution in [0.2, 0.25) is 0 Å². The highest BCUT2D eigenvalue weighted by atomic mass is 32.2. The summed E-state index contributed by atoms with van der Waals surface area (Å²) >= 11 is 0. The van der Waals surface area contributed by atoms with Crippen LogP contribution in [0.4, 0.5) is 5.69 Å². The van der Waals surface area contributed by atoms with Gasteiger partial charge in [-0.1, -0.05) is 19.8 Å². The van der Waals surface area contributed by atoms with Gasteiger partial charge in [0.15, 0.2) is 5.75 Å². The van der Waals surface area contributed by atoms with Gasteiger partial charge < -0.3 is 10.1 Å². The molecule has 1 aromatic carbocycles. The highest BCUT2D eigenvalue weighted by molar-refractivity contribution is 7.89. The van der Waals surface area contributed by atoms with E-state index in [-0.39, 0.29) is 35.6 Å². The maximum atomic E-state index is 12.3. The topological polar surface area (TPSA) is 128 Å². The lowest BCUT2D eigenvalue weighted by atomic mass is 9.86. The van der Waals surface area contributed by atoms with Gasteiger partial charge in [0.25, 0.3) is 0 Å². The van der Waals surface area contributed by atoms with E-state index in [0.29, 0.717) is 5.92 Å². The van der Waals surface area contributed by atoms with Crippen LogP contribution in [0.3, 0.4) is 0 Å². The summed E-state index contributed by atoms with van der Waals surface area (Å²) in [6.07, 6.45) is 4.27. The van der Waals surface area contributed by atoms with Gasteiger partial charge in [-0.05, 0) is 30.9 Å². The smallest absolute Gasteiger partial charge is 0.312 e. The van der Waals surface area contributed by atoms with Crippen molar-refractivity contribution in [2.75, 3.05) is 13.7 Å². The largest absolute Gasteiger partial charge is 0.490 e. The van der Waals surface area contributed by atoms with E-state index in [1.165, 1.54) is 25.7 Å². The zero-order chi connectivity index (χ0) is 20.0. The first kappa shape index (κ1) is 21.1. The molecule has 2 unspecified atom stereocenters. The fourth-order valence-electron chi connectivity index (χ4n) is 3.17. The molecule has 2 rings (SSSR count). The van der Waals surface area contributed by atoms with Crippen LogP contribution in [-0.2, 0) is 14.8 Å². The minimum Gasteiger partial charge on any atom is -0.490 e. The maximum Gasteiger partial charge on any atom is 0.312 e. The van der Waals surface area contributed by atoms with Gasteiger partial charge in [0.1, 0.15) is 0 Å². The van der Waals surface area contributed by atoms with Gasteiger partial charge in [-0.3, -0.25) is 14.9 Å². The van der Waals surface area contributed by atoms with Crippen molar-refractivity contribution in [1.29, 1.82) is 0 Å². The predicted molar refractivity (Wildman–Crippen MR) is 99.0 cm³/mol. The Morgan fingerprint density at radius 3 is 2.67 bits per heavy atom. The Hall–Kier alpha value is -2.20. The summed E-state index contributed by atoms with van der Waals surface area (Å²) < 4.78 is 31.8. The number of benzene rings is 1. The Morgan fingerprint density at radius 1 is 1.33 bits per heavy atom. The van der Waals surface area contributed by atoms with Crippen molar-refractivity contribution in [1.82, 2.24) is 10.0 Å². The first-order valence-electron chi connectivity index (χ1n) is 8.86. The Bertz CT molecular complexity index is 796. The predicted octanol–water partition coefficient (Wildman–Crippen LogP) is 1.97. The Kier molecular flexibility index (Phi) is 7.14. The fraction of sp³-hybridized carbons (Fsp3) is 0.588. The lowest BCUT2D eigenvalue weighted by Crippen LogP contribution is -2.42. The molecular formula is C17H25N3O6S. The highest BCUT2D eigenvalue weighted by Crippen LogP contribution is 2.29. The van der Waals surface area contributed by atoms with E-state index in [4.69, 9.17) is 4.74 Å². The molecule has 0 aromatic heterocycles. The summed E-state index contributed by atoms with van der Waals surface area (Å²) in [6, 6.07) is 3.51. The number of methoxy groups -OCH3 is 1. The minimum absolute atomic E-state index is 0.000692. The van der Waals surface area contributed by atoms with Crippen LogP contribution in [0.15, 0.2) is 23.1 Å². The van der Waals surface area contributed by atoms with Crippen LogP contribution in [0.25, 0.3) is 0 Å². The summed E-state index contributed by atoms with van der Waals surface area (Å²) in [4.78, 5) is 22.1. The Labute approximate surface area is 158 Å². The summed E-state index contributed by atoms with van der Waals surface area (Å²) in [5, 5.41) is 14.0. The van der Waals surface area contributed by atoms with Gasteiger partial charge in [0.2, 0.25) is 15.9 Å². The van der Waals surface area contributed by atoms with Crippen molar-refractivity contribution < 1.29 is 22.9 Å². The second kappa shape index (κ2) is 9.14. The van der Waals surface area contributed by atoms with Gasteiger partial charge in [-0.25, -0.2) is 13.1 Å². The van der Waals surface area contributed by atoms with E-state index in [1.54, 1.807) is 0 Å². The van der Waals surface area contributed by atoms with Crippen molar-refractivity contribution in [2.45, 2.75) is 50.0 Å². The number of nitro benzene ring substituents is 1. The van der Waals surface area contributed by atoms with E-state index in [9.17, 15) is 23.3 Å². The van der Waals surface area contributed by atoms with E-state index in [0.717, 1.165) is 25.3 Å². The molecule has 1 aliphatic rings. The van der Waals surface area contributed by atoms with Gasteiger partial charge in [0.05, 0.1) is 16.9 Å². The fourth-order valence-corrected chi connectivity index (χ4v) is 4.22. The molecule has 0 heterocycles. The lowest BCUT2D eigenvalue weighted by Gasteiger charge is -2.29. The van der Waals surface area contributed by atoms with Gasteiger partial charge in [0, 0.05) is 25.1 Å². The van der Waals surface area contributed by atoms with E-state index < -0.39 is 20.6 Å². The minimum atomic E-state index is -3.97. The van der Waals surface area contributed by atoms with E-state index in [1.807, 2.05) is 0 Å². The number of sulfonamides is 1. The van der Waals surface area contributed by atoms with Gasteiger partial charge in [-0.2, -0.15) is 0 Å². The zero-order valence-electron chi connectivity index (χ0n) is 15.4. The normalized spacial score (nSPS) is 20.1. The van der Waals surface area contributed by atoms with E-state index >= 15 is 0 Å². The molecule has 10 heteroatoms. The molecule has 2 atom stereocenters. The molecule has 1 saturated carbocycles. The number of carbonyl (C=O) groups is 1. The average Bonchev–Trinajstić information content (AvgIpc) is 2.62. The molecule has 1 aliphatic carbocycles. The second-order valence-corrected chi connectivity index (χ2v) is 8.44. The molecule has 27 heavy (non-hydrogen) atoms. The SMILES string of the molecule is COc1ccc(S(=O)(=O)NCCC(=O)NC2CCCCC2C)cc1[N+](=O)[O-]. The molecule has 9 nitrogen and oxygen atoms in total. The molecule has 1 fully saturated rings. The van der Waals surface area contributed by atoms with E-state index in [2.05, 4.69) is 17.0 Å². The lowest BCUT2D eigenvalue weighted by molar-refractivity contribution is -0.386. The number of nitrogens with zero attached hydrogens (tertiary/aromatic N) is 1. The monoisotopic (exact) mass is 399 g/mol. The summed E-state index contributed by atoms with van der Waals surface area (Å²) in [5.74, 6) is 0.177. The maximum absolute atomic E-state index is 12.3. The van der Waals surface area contributed by atoms with Gasteiger partial charge >= 0.3 is 5.69 Å². The Balaban J connectivity index is 1.93. The third kappa shape index (κ3) is 5.64. The highest BCUT2D eigenvalue weighted by Gasteiger charge is 2.24. The third-order valence-electron chi connectivity index (χ3n) is 4.76. The molecular weight excluding hydrogens is 374 g/mol. The van der Waals surface area contributed by atoms with Crippen molar-refractivity contribution in [3.8, 4) is 5.75 Å². The Morgan fingerprint density at radius 2 is 2.04 bits per heavy atom.